The zero-order chi connectivity index (χ0) is 41.8. The Morgan fingerprint density at radius 3 is 1.53 bits per heavy atom. The van der Waals surface area contributed by atoms with E-state index < -0.39 is 62.6 Å². The number of aromatic amines is 2. The van der Waals surface area contributed by atoms with Crippen LogP contribution in [0.1, 0.15) is 70.5 Å². The highest BCUT2D eigenvalue weighted by atomic mass is 16.4. The van der Waals surface area contributed by atoms with E-state index in [1.165, 1.54) is 6.07 Å². The molecule has 60 heavy (non-hydrogen) atoms. The lowest BCUT2D eigenvalue weighted by atomic mass is 9.52. The molecule has 4 aromatic carbocycles. The van der Waals surface area contributed by atoms with E-state index in [4.69, 9.17) is 4.98 Å². The maximum Gasteiger partial charge on any atom is 0.339 e. The SMILES string of the molecule is O=C(O)c1c(C(=O)O)c2[nH]c1cc1nc(cc3ccc([nH]3)c(-c3ccccc3)c3nc(c2C(=O)O)C(C(=O)O)(c2ccccc2)C3(c2ccccc2)c2ccccc2)C=C1. The third-order valence-electron chi connectivity index (χ3n) is 11.2. The van der Waals surface area contributed by atoms with Crippen molar-refractivity contribution < 1.29 is 39.6 Å². The Balaban J connectivity index is 1.71. The van der Waals surface area contributed by atoms with Crippen LogP contribution in [0, 0.1) is 0 Å². The summed E-state index contributed by atoms with van der Waals surface area (Å²) in [5.74, 6) is -6.71. The number of H-pyrrole nitrogens is 2. The average molecular weight is 793 g/mol. The summed E-state index contributed by atoms with van der Waals surface area (Å²) in [6.45, 7) is 0. The summed E-state index contributed by atoms with van der Waals surface area (Å²) in [5.41, 5.74) is -4.52. The molecule has 12 nitrogen and oxygen atoms in total. The molecule has 0 saturated heterocycles. The van der Waals surface area contributed by atoms with Crippen LogP contribution in [0.25, 0.3) is 45.3 Å². The van der Waals surface area contributed by atoms with Crippen molar-refractivity contribution in [3.8, 4) is 11.1 Å². The van der Waals surface area contributed by atoms with Gasteiger partial charge in [0.1, 0.15) is 11.1 Å². The number of rotatable bonds is 8. The van der Waals surface area contributed by atoms with Crippen molar-refractivity contribution >= 4 is 58.1 Å². The molecule has 3 aromatic heterocycles. The van der Waals surface area contributed by atoms with Gasteiger partial charge in [-0.1, -0.05) is 121 Å². The van der Waals surface area contributed by atoms with Gasteiger partial charge >= 0.3 is 23.9 Å². The third kappa shape index (κ3) is 5.46. The van der Waals surface area contributed by atoms with E-state index in [9.17, 15) is 34.8 Å². The summed E-state index contributed by atoms with van der Waals surface area (Å²) in [6, 6.07) is 41.6. The quantitative estimate of drug-likeness (QED) is 0.0863. The molecule has 0 fully saturated rings. The summed E-state index contributed by atoms with van der Waals surface area (Å²) in [5, 5.41) is 45.2. The lowest BCUT2D eigenvalue weighted by Crippen LogP contribution is -2.54. The Hall–Kier alpha value is -8.38. The Kier molecular flexibility index (Phi) is 8.82. The molecule has 2 aliphatic rings. The molecule has 1 unspecified atom stereocenters. The summed E-state index contributed by atoms with van der Waals surface area (Å²) in [6.07, 6.45) is 3.30. The number of carbonyl (C=O) groups is 4. The second-order valence-corrected chi connectivity index (χ2v) is 14.3. The molecule has 1 atom stereocenters. The van der Waals surface area contributed by atoms with E-state index in [0.29, 0.717) is 39.0 Å². The highest BCUT2D eigenvalue weighted by Crippen LogP contribution is 2.61. The fraction of sp³-hybridized carbons (Fsp3) is 0.0417. The van der Waals surface area contributed by atoms with Gasteiger partial charge in [-0.25, -0.2) is 19.4 Å². The van der Waals surface area contributed by atoms with Gasteiger partial charge in [0.15, 0.2) is 5.41 Å². The second kappa shape index (κ2) is 14.2. The van der Waals surface area contributed by atoms with Gasteiger partial charge in [0.2, 0.25) is 0 Å². The van der Waals surface area contributed by atoms with Gasteiger partial charge in [0.25, 0.3) is 0 Å². The minimum absolute atomic E-state index is 0.116. The van der Waals surface area contributed by atoms with Crippen molar-refractivity contribution in [2.75, 3.05) is 0 Å². The van der Waals surface area contributed by atoms with E-state index in [0.717, 1.165) is 0 Å². The molecule has 8 bridgehead atoms. The number of aromatic carboxylic acids is 3. The van der Waals surface area contributed by atoms with Crippen LogP contribution in [-0.2, 0) is 15.6 Å². The van der Waals surface area contributed by atoms with Gasteiger partial charge in [0, 0.05) is 16.6 Å². The third-order valence-corrected chi connectivity index (χ3v) is 11.2. The average Bonchev–Trinajstić information content (AvgIpc) is 4.04. The van der Waals surface area contributed by atoms with Crippen molar-refractivity contribution in [2.24, 2.45) is 0 Å². The number of aliphatic carboxylic acids is 1. The largest absolute Gasteiger partial charge is 0.480 e. The van der Waals surface area contributed by atoms with Gasteiger partial charge in [-0.2, -0.15) is 0 Å². The Labute approximate surface area is 340 Å². The fourth-order valence-electron chi connectivity index (χ4n) is 8.90. The number of hydrogen-bond donors (Lipinski definition) is 6. The van der Waals surface area contributed by atoms with E-state index in [2.05, 4.69) is 15.0 Å². The first-order valence-corrected chi connectivity index (χ1v) is 18.7. The van der Waals surface area contributed by atoms with Crippen LogP contribution in [0.5, 0.6) is 0 Å². The van der Waals surface area contributed by atoms with E-state index >= 15 is 4.79 Å². The minimum Gasteiger partial charge on any atom is -0.480 e. The molecule has 0 aliphatic carbocycles. The molecule has 9 rings (SSSR count). The van der Waals surface area contributed by atoms with E-state index in [1.54, 1.807) is 109 Å². The Bertz CT molecular complexity index is 3070. The number of aromatic nitrogens is 4. The van der Waals surface area contributed by atoms with Crippen molar-refractivity contribution in [3.05, 3.63) is 202 Å². The number of fused-ring (bicyclic) bond motifs is 8. The Morgan fingerprint density at radius 2 is 1.00 bits per heavy atom. The van der Waals surface area contributed by atoms with E-state index in [-0.39, 0.29) is 22.5 Å². The lowest BCUT2D eigenvalue weighted by Gasteiger charge is -2.45. The monoisotopic (exact) mass is 792 g/mol. The highest BCUT2D eigenvalue weighted by Gasteiger charge is 2.68. The highest BCUT2D eigenvalue weighted by molar-refractivity contribution is 6.16. The van der Waals surface area contributed by atoms with E-state index in [1.807, 2.05) is 42.5 Å². The van der Waals surface area contributed by atoms with Crippen molar-refractivity contribution in [1.29, 1.82) is 0 Å². The first-order chi connectivity index (χ1) is 29.1. The van der Waals surface area contributed by atoms with Crippen molar-refractivity contribution in [3.63, 3.8) is 0 Å². The molecule has 12 heteroatoms. The van der Waals surface area contributed by atoms with Crippen LogP contribution >= 0.6 is 0 Å². The summed E-state index contributed by atoms with van der Waals surface area (Å²) < 4.78 is 0. The maximum atomic E-state index is 15.2. The van der Waals surface area contributed by atoms with Crippen LogP contribution < -0.4 is 0 Å². The van der Waals surface area contributed by atoms with Crippen molar-refractivity contribution in [2.45, 2.75) is 10.8 Å². The van der Waals surface area contributed by atoms with Gasteiger partial charge in [-0.15, -0.1) is 0 Å². The molecule has 2 aliphatic heterocycles. The second-order valence-electron chi connectivity index (χ2n) is 14.3. The van der Waals surface area contributed by atoms with Crippen LogP contribution in [0.3, 0.4) is 0 Å². The van der Waals surface area contributed by atoms with Gasteiger partial charge < -0.3 is 30.4 Å². The number of hydrogen-bond acceptors (Lipinski definition) is 6. The fourth-order valence-corrected chi connectivity index (χ4v) is 8.90. The van der Waals surface area contributed by atoms with Crippen LogP contribution in [0.15, 0.2) is 146 Å². The van der Waals surface area contributed by atoms with Crippen molar-refractivity contribution in [1.82, 2.24) is 19.9 Å². The first kappa shape index (κ1) is 37.2. The normalized spacial score (nSPS) is 15.3. The number of nitrogens with one attached hydrogen (secondary N) is 2. The summed E-state index contributed by atoms with van der Waals surface area (Å²) >= 11 is 0. The predicted octanol–water partition coefficient (Wildman–Crippen LogP) is 8.65. The van der Waals surface area contributed by atoms with Crippen LogP contribution in [0.2, 0.25) is 0 Å². The number of nitrogens with zero attached hydrogens (tertiary/aromatic N) is 2. The number of benzene rings is 4. The molecule has 0 radical (unpaired) electrons. The lowest BCUT2D eigenvalue weighted by molar-refractivity contribution is -0.143. The molecular formula is C48H32N4O8. The zero-order valence-corrected chi connectivity index (χ0v) is 31.3. The van der Waals surface area contributed by atoms with Gasteiger partial charge in [-0.3, -0.25) is 9.78 Å². The standard InChI is InChI=1S/C48H32N4O8/c53-43(54)37-35-26-33-22-21-31(49-33)25-32-23-24-34(50-32)36(27-13-5-1-6-14-27)41-47(28-15-7-2-8-16-28,29-17-9-3-10-18-29)48(46(59)60,30-19-11-4-12-20-30)42(52-41)39(45(57)58)40(51-35)38(37)44(55)56/h1-26,50-51H,(H,53,54)(H,55,56)(H,57,58)(H,59,60). The zero-order valence-electron chi connectivity index (χ0n) is 31.3. The smallest absolute Gasteiger partial charge is 0.339 e. The Morgan fingerprint density at radius 1 is 0.483 bits per heavy atom. The molecule has 0 spiro atoms. The molecule has 7 aromatic rings. The molecule has 6 N–H and O–H groups in total. The van der Waals surface area contributed by atoms with Crippen LogP contribution in [0.4, 0.5) is 0 Å². The van der Waals surface area contributed by atoms with Crippen LogP contribution in [-0.4, -0.2) is 64.2 Å². The van der Waals surface area contributed by atoms with Gasteiger partial charge in [0.05, 0.1) is 44.8 Å². The molecular weight excluding hydrogens is 761 g/mol. The topological polar surface area (TPSA) is 207 Å². The first-order valence-electron chi connectivity index (χ1n) is 18.7. The molecule has 5 heterocycles. The molecule has 0 saturated carbocycles. The summed E-state index contributed by atoms with van der Waals surface area (Å²) in [4.78, 5) is 71.9. The molecule has 0 amide bonds. The summed E-state index contributed by atoms with van der Waals surface area (Å²) in [7, 11) is 0. The number of carboxylic acid groups (broad SMARTS) is 4. The van der Waals surface area contributed by atoms with Gasteiger partial charge in [-0.05, 0) is 58.7 Å². The number of carboxylic acids is 4. The minimum atomic E-state index is -2.51. The predicted molar refractivity (Wildman–Crippen MR) is 224 cm³/mol. The maximum absolute atomic E-state index is 15.2. The molecule has 292 valence electrons.